The van der Waals surface area contributed by atoms with Crippen LogP contribution in [0.15, 0.2) is 0 Å². The van der Waals surface area contributed by atoms with E-state index in [9.17, 15) is 4.79 Å². The number of ether oxygens (including phenoxy) is 1. The topological polar surface area (TPSA) is 64.3 Å². The van der Waals surface area contributed by atoms with Gasteiger partial charge in [-0.1, -0.05) is 20.8 Å². The fourth-order valence-electron chi connectivity index (χ4n) is 2.56. The van der Waals surface area contributed by atoms with E-state index >= 15 is 0 Å². The van der Waals surface area contributed by atoms with E-state index in [0.29, 0.717) is 24.5 Å². The van der Waals surface area contributed by atoms with Gasteiger partial charge in [0, 0.05) is 6.61 Å². The van der Waals surface area contributed by atoms with E-state index in [1.54, 1.807) is 0 Å². The summed E-state index contributed by atoms with van der Waals surface area (Å²) in [7, 11) is 0. The molecule has 1 fully saturated rings. The number of amides is 1. The second-order valence-corrected chi connectivity index (χ2v) is 6.43. The van der Waals surface area contributed by atoms with Gasteiger partial charge in [0.1, 0.15) is 0 Å². The smallest absolute Gasteiger partial charge is 0.234 e. The molecule has 112 valence electrons. The molecule has 0 heterocycles. The molecular weight excluding hydrogens is 240 g/mol. The molecule has 1 rings (SSSR count). The van der Waals surface area contributed by atoms with Crippen molar-refractivity contribution in [2.24, 2.45) is 11.1 Å². The predicted octanol–water partition coefficient (Wildman–Crippen LogP) is 2.22. The van der Waals surface area contributed by atoms with Crippen LogP contribution in [-0.4, -0.2) is 31.2 Å². The van der Waals surface area contributed by atoms with E-state index in [1.165, 1.54) is 12.8 Å². The lowest BCUT2D eigenvalue weighted by Gasteiger charge is -2.34. The second-order valence-electron chi connectivity index (χ2n) is 6.43. The Morgan fingerprint density at radius 1 is 1.42 bits per heavy atom. The number of hydrogen-bond donors (Lipinski definition) is 2. The van der Waals surface area contributed by atoms with E-state index in [-0.39, 0.29) is 11.9 Å². The van der Waals surface area contributed by atoms with E-state index in [1.807, 2.05) is 0 Å². The van der Waals surface area contributed by atoms with Gasteiger partial charge >= 0.3 is 0 Å². The van der Waals surface area contributed by atoms with E-state index in [4.69, 9.17) is 10.5 Å². The maximum Gasteiger partial charge on any atom is 0.234 e. The first-order valence-corrected chi connectivity index (χ1v) is 7.59. The van der Waals surface area contributed by atoms with Gasteiger partial charge in [0.05, 0.1) is 12.1 Å². The molecule has 1 saturated carbocycles. The van der Waals surface area contributed by atoms with Crippen LogP contribution in [0, 0.1) is 5.41 Å². The summed E-state index contributed by atoms with van der Waals surface area (Å²) in [5.41, 5.74) is 5.85. The molecule has 0 aromatic carbocycles. The third-order valence-electron chi connectivity index (χ3n) is 4.03. The van der Waals surface area contributed by atoms with Crippen molar-refractivity contribution in [2.75, 3.05) is 13.2 Å². The monoisotopic (exact) mass is 270 g/mol. The molecule has 0 radical (unpaired) electrons. The molecule has 1 aliphatic carbocycles. The van der Waals surface area contributed by atoms with Crippen LogP contribution in [0.1, 0.15) is 59.3 Å². The predicted molar refractivity (Wildman–Crippen MR) is 77.9 cm³/mol. The maximum absolute atomic E-state index is 11.3. The molecule has 1 unspecified atom stereocenters. The van der Waals surface area contributed by atoms with Gasteiger partial charge < -0.3 is 15.8 Å². The molecule has 0 aromatic rings. The molecule has 0 aliphatic heterocycles. The third-order valence-corrected chi connectivity index (χ3v) is 4.03. The van der Waals surface area contributed by atoms with Gasteiger partial charge in [0.2, 0.25) is 5.91 Å². The molecule has 0 spiro atoms. The molecule has 0 saturated heterocycles. The van der Waals surface area contributed by atoms with Crippen LogP contribution >= 0.6 is 0 Å². The largest absolute Gasteiger partial charge is 0.378 e. The number of nitrogens with one attached hydrogen (secondary N) is 1. The summed E-state index contributed by atoms with van der Waals surface area (Å²) >= 11 is 0. The van der Waals surface area contributed by atoms with Crippen LogP contribution in [0.3, 0.4) is 0 Å². The molecule has 1 amide bonds. The zero-order valence-electron chi connectivity index (χ0n) is 12.7. The summed E-state index contributed by atoms with van der Waals surface area (Å²) in [4.78, 5) is 11.3. The summed E-state index contributed by atoms with van der Waals surface area (Å²) in [5.74, 6) is -0.276. The minimum atomic E-state index is -0.276. The number of carbonyl (C=O) groups excluding carboxylic acids is 1. The molecular formula is C15H30N2O2. The van der Waals surface area contributed by atoms with Crippen molar-refractivity contribution in [3.8, 4) is 0 Å². The Bertz CT molecular complexity index is 269. The quantitative estimate of drug-likeness (QED) is 0.711. The van der Waals surface area contributed by atoms with Crippen molar-refractivity contribution in [3.63, 3.8) is 0 Å². The summed E-state index contributed by atoms with van der Waals surface area (Å²) in [6.07, 6.45) is 6.77. The molecule has 1 atom stereocenters. The van der Waals surface area contributed by atoms with Crippen molar-refractivity contribution in [3.05, 3.63) is 0 Å². The van der Waals surface area contributed by atoms with Gasteiger partial charge in [-0.15, -0.1) is 0 Å². The van der Waals surface area contributed by atoms with Crippen LogP contribution in [-0.2, 0) is 9.53 Å². The van der Waals surface area contributed by atoms with Gasteiger partial charge in [0.25, 0.3) is 0 Å². The number of carbonyl (C=O) groups is 1. The molecule has 0 bridgehead atoms. The minimum absolute atomic E-state index is 0.250. The van der Waals surface area contributed by atoms with Crippen LogP contribution in [0.25, 0.3) is 0 Å². The Kier molecular flexibility index (Phi) is 6.80. The zero-order valence-corrected chi connectivity index (χ0v) is 12.7. The van der Waals surface area contributed by atoms with Crippen LogP contribution < -0.4 is 11.1 Å². The zero-order chi connectivity index (χ0) is 14.3. The van der Waals surface area contributed by atoms with E-state index < -0.39 is 0 Å². The molecule has 1 aliphatic rings. The minimum Gasteiger partial charge on any atom is -0.378 e. The average Bonchev–Trinajstić information content (AvgIpc) is 2.35. The Morgan fingerprint density at radius 2 is 2.05 bits per heavy atom. The first-order valence-electron chi connectivity index (χ1n) is 7.59. The Hall–Kier alpha value is -0.610. The van der Waals surface area contributed by atoms with Gasteiger partial charge in [0.15, 0.2) is 0 Å². The van der Waals surface area contributed by atoms with Crippen molar-refractivity contribution in [2.45, 2.75) is 71.4 Å². The SMILES string of the molecule is CCCNC(CCOC1CCC(C)(C)CC1)C(N)=O. The van der Waals surface area contributed by atoms with Gasteiger partial charge in [-0.05, 0) is 50.5 Å². The van der Waals surface area contributed by atoms with E-state index in [2.05, 4.69) is 26.1 Å². The Labute approximate surface area is 117 Å². The summed E-state index contributed by atoms with van der Waals surface area (Å²) in [5, 5.41) is 3.17. The lowest BCUT2D eigenvalue weighted by atomic mass is 9.76. The number of rotatable bonds is 8. The normalized spacial score (nSPS) is 21.2. The first kappa shape index (κ1) is 16.4. The van der Waals surface area contributed by atoms with Crippen molar-refractivity contribution < 1.29 is 9.53 Å². The highest BCUT2D eigenvalue weighted by atomic mass is 16.5. The van der Waals surface area contributed by atoms with Crippen molar-refractivity contribution >= 4 is 5.91 Å². The van der Waals surface area contributed by atoms with Crippen LogP contribution in [0.5, 0.6) is 0 Å². The summed E-state index contributed by atoms with van der Waals surface area (Å²) < 4.78 is 5.89. The van der Waals surface area contributed by atoms with Gasteiger partial charge in [-0.25, -0.2) is 0 Å². The number of hydrogen-bond acceptors (Lipinski definition) is 3. The standard InChI is InChI=1S/C15H30N2O2/c1-4-10-17-13(14(16)18)7-11-19-12-5-8-15(2,3)9-6-12/h12-13,17H,4-11H2,1-3H3,(H2,16,18). The third kappa shape index (κ3) is 6.39. The maximum atomic E-state index is 11.3. The summed E-state index contributed by atoms with van der Waals surface area (Å²) in [6, 6.07) is -0.250. The van der Waals surface area contributed by atoms with Gasteiger partial charge in [-0.2, -0.15) is 0 Å². The van der Waals surface area contributed by atoms with Crippen molar-refractivity contribution in [1.82, 2.24) is 5.32 Å². The van der Waals surface area contributed by atoms with Crippen LogP contribution in [0.4, 0.5) is 0 Å². The van der Waals surface area contributed by atoms with Crippen LogP contribution in [0.2, 0.25) is 0 Å². The highest BCUT2D eigenvalue weighted by Crippen LogP contribution is 2.36. The fraction of sp³-hybridized carbons (Fsp3) is 0.933. The lowest BCUT2D eigenvalue weighted by molar-refractivity contribution is -0.120. The van der Waals surface area contributed by atoms with Gasteiger partial charge in [-0.3, -0.25) is 4.79 Å². The summed E-state index contributed by atoms with van der Waals surface area (Å²) in [6.45, 7) is 8.16. The lowest BCUT2D eigenvalue weighted by Crippen LogP contribution is -2.42. The number of primary amides is 1. The second kappa shape index (κ2) is 7.85. The van der Waals surface area contributed by atoms with E-state index in [0.717, 1.165) is 25.8 Å². The molecule has 3 N–H and O–H groups in total. The Morgan fingerprint density at radius 3 is 2.58 bits per heavy atom. The molecule has 0 aromatic heterocycles. The highest BCUT2D eigenvalue weighted by molar-refractivity contribution is 5.79. The highest BCUT2D eigenvalue weighted by Gasteiger charge is 2.27. The van der Waals surface area contributed by atoms with Crippen molar-refractivity contribution in [1.29, 1.82) is 0 Å². The Balaban J connectivity index is 2.19. The number of nitrogens with two attached hydrogens (primary N) is 1. The molecule has 19 heavy (non-hydrogen) atoms. The molecule has 4 heteroatoms. The molecule has 4 nitrogen and oxygen atoms in total. The average molecular weight is 270 g/mol. The first-order chi connectivity index (χ1) is 8.94. The fourth-order valence-corrected chi connectivity index (χ4v) is 2.56.